The zero-order chi connectivity index (χ0) is 14.8. The third kappa shape index (κ3) is 2.65. The van der Waals surface area contributed by atoms with Crippen molar-refractivity contribution in [1.29, 1.82) is 0 Å². The molecular formula is C17H15FN2O. The van der Waals surface area contributed by atoms with E-state index in [0.717, 1.165) is 16.5 Å². The molecule has 21 heavy (non-hydrogen) atoms. The van der Waals surface area contributed by atoms with Crippen LogP contribution >= 0.6 is 0 Å². The van der Waals surface area contributed by atoms with Gasteiger partial charge in [0.25, 0.3) is 0 Å². The number of halogens is 1. The van der Waals surface area contributed by atoms with Gasteiger partial charge >= 0.3 is 0 Å². The maximum Gasteiger partial charge on any atom is 0.126 e. The van der Waals surface area contributed by atoms with Crippen LogP contribution in [0, 0.1) is 12.7 Å². The van der Waals surface area contributed by atoms with Gasteiger partial charge in [-0.3, -0.25) is 4.98 Å². The van der Waals surface area contributed by atoms with Gasteiger partial charge in [-0.1, -0.05) is 6.07 Å². The summed E-state index contributed by atoms with van der Waals surface area (Å²) in [5.41, 5.74) is 8.98. The highest BCUT2D eigenvalue weighted by Crippen LogP contribution is 2.24. The summed E-state index contributed by atoms with van der Waals surface area (Å²) in [6.07, 6.45) is 1.73. The van der Waals surface area contributed by atoms with Crippen molar-refractivity contribution in [2.24, 2.45) is 0 Å². The van der Waals surface area contributed by atoms with Crippen molar-refractivity contribution in [2.45, 2.75) is 13.5 Å². The predicted octanol–water partition coefficient (Wildman–Crippen LogP) is 3.84. The number of aromatic nitrogens is 1. The summed E-state index contributed by atoms with van der Waals surface area (Å²) in [5.74, 6) is 0.400. The molecule has 0 fully saturated rings. The number of nitrogen functional groups attached to an aromatic ring is 1. The monoisotopic (exact) mass is 282 g/mol. The third-order valence-electron chi connectivity index (χ3n) is 3.41. The molecule has 0 unspecified atom stereocenters. The molecule has 0 saturated heterocycles. The van der Waals surface area contributed by atoms with Crippen molar-refractivity contribution in [1.82, 2.24) is 4.98 Å². The number of rotatable bonds is 3. The second-order valence-corrected chi connectivity index (χ2v) is 4.91. The Labute approximate surface area is 122 Å². The van der Waals surface area contributed by atoms with E-state index < -0.39 is 0 Å². The average Bonchev–Trinajstić information content (AvgIpc) is 2.50. The van der Waals surface area contributed by atoms with E-state index in [9.17, 15) is 4.39 Å². The molecule has 1 aromatic heterocycles. The lowest BCUT2D eigenvalue weighted by molar-refractivity contribution is 0.306. The number of fused-ring (bicyclic) bond motifs is 1. The Morgan fingerprint density at radius 3 is 2.86 bits per heavy atom. The molecule has 2 aromatic carbocycles. The Morgan fingerprint density at radius 1 is 1.19 bits per heavy atom. The molecule has 0 aliphatic rings. The third-order valence-corrected chi connectivity index (χ3v) is 3.41. The average molecular weight is 282 g/mol. The Hall–Kier alpha value is -2.62. The van der Waals surface area contributed by atoms with E-state index in [1.165, 1.54) is 6.07 Å². The fourth-order valence-corrected chi connectivity index (χ4v) is 2.24. The molecule has 0 radical (unpaired) electrons. The summed E-state index contributed by atoms with van der Waals surface area (Å²) in [6, 6.07) is 12.2. The molecule has 0 spiro atoms. The van der Waals surface area contributed by atoms with Crippen LogP contribution in [0.25, 0.3) is 10.9 Å². The molecule has 3 nitrogen and oxygen atoms in total. The predicted molar refractivity (Wildman–Crippen MR) is 81.6 cm³/mol. The standard InChI is InChI=1S/C17H15FN2O/c1-11-9-13(5-6-15(11)18)21-10-12-4-7-16(19)14-3-2-8-20-17(12)14/h2-9H,10,19H2,1H3. The first kappa shape index (κ1) is 13.4. The minimum Gasteiger partial charge on any atom is -0.489 e. The molecule has 3 aromatic rings. The zero-order valence-electron chi connectivity index (χ0n) is 11.6. The van der Waals surface area contributed by atoms with Crippen LogP contribution in [0.1, 0.15) is 11.1 Å². The van der Waals surface area contributed by atoms with Gasteiger partial charge in [0.1, 0.15) is 18.2 Å². The number of nitrogens with zero attached hydrogens (tertiary/aromatic N) is 1. The largest absolute Gasteiger partial charge is 0.489 e. The quantitative estimate of drug-likeness (QED) is 0.742. The van der Waals surface area contributed by atoms with Gasteiger partial charge in [-0.25, -0.2) is 4.39 Å². The van der Waals surface area contributed by atoms with Crippen molar-refractivity contribution in [3.63, 3.8) is 0 Å². The van der Waals surface area contributed by atoms with Crippen molar-refractivity contribution in [2.75, 3.05) is 5.73 Å². The van der Waals surface area contributed by atoms with E-state index in [4.69, 9.17) is 10.5 Å². The van der Waals surface area contributed by atoms with Gasteiger partial charge in [-0.05, 0) is 48.9 Å². The minimum atomic E-state index is -0.234. The Balaban J connectivity index is 1.88. The highest BCUT2D eigenvalue weighted by molar-refractivity contribution is 5.92. The summed E-state index contributed by atoms with van der Waals surface area (Å²) in [4.78, 5) is 4.37. The van der Waals surface area contributed by atoms with E-state index in [1.807, 2.05) is 24.3 Å². The molecule has 0 saturated carbocycles. The maximum absolute atomic E-state index is 13.2. The summed E-state index contributed by atoms with van der Waals surface area (Å²) in [5, 5.41) is 0.911. The lowest BCUT2D eigenvalue weighted by Crippen LogP contribution is -1.99. The molecule has 4 heteroatoms. The summed E-state index contributed by atoms with van der Waals surface area (Å²) in [6.45, 7) is 2.07. The molecule has 3 rings (SSSR count). The number of nitrogens with two attached hydrogens (primary N) is 1. The van der Waals surface area contributed by atoms with Crippen LogP contribution in [-0.4, -0.2) is 4.98 Å². The first-order valence-electron chi connectivity index (χ1n) is 6.66. The van der Waals surface area contributed by atoms with Crippen LogP contribution in [0.2, 0.25) is 0 Å². The van der Waals surface area contributed by atoms with Crippen LogP contribution < -0.4 is 10.5 Å². The lowest BCUT2D eigenvalue weighted by Gasteiger charge is -2.10. The number of aryl methyl sites for hydroxylation is 1. The number of anilines is 1. The Kier molecular flexibility index (Phi) is 3.44. The van der Waals surface area contributed by atoms with Gasteiger partial charge < -0.3 is 10.5 Å². The van der Waals surface area contributed by atoms with E-state index in [-0.39, 0.29) is 5.82 Å². The van der Waals surface area contributed by atoms with E-state index in [0.29, 0.717) is 23.6 Å². The highest BCUT2D eigenvalue weighted by atomic mass is 19.1. The summed E-state index contributed by atoms with van der Waals surface area (Å²) >= 11 is 0. The molecule has 0 bridgehead atoms. The molecule has 1 heterocycles. The minimum absolute atomic E-state index is 0.234. The number of hydrogen-bond acceptors (Lipinski definition) is 3. The van der Waals surface area contributed by atoms with Gasteiger partial charge in [0.15, 0.2) is 0 Å². The fraction of sp³-hybridized carbons (Fsp3) is 0.118. The van der Waals surface area contributed by atoms with Crippen molar-refractivity contribution >= 4 is 16.6 Å². The van der Waals surface area contributed by atoms with E-state index in [1.54, 1.807) is 25.3 Å². The lowest BCUT2D eigenvalue weighted by atomic mass is 10.1. The van der Waals surface area contributed by atoms with Gasteiger partial charge in [0.2, 0.25) is 0 Å². The fourth-order valence-electron chi connectivity index (χ4n) is 2.24. The molecule has 0 atom stereocenters. The molecule has 0 aliphatic heterocycles. The molecule has 106 valence electrons. The highest BCUT2D eigenvalue weighted by Gasteiger charge is 2.06. The SMILES string of the molecule is Cc1cc(OCc2ccc(N)c3cccnc23)ccc1F. The smallest absolute Gasteiger partial charge is 0.126 e. The van der Waals surface area contributed by atoms with Crippen LogP contribution in [0.15, 0.2) is 48.7 Å². The summed E-state index contributed by atoms with van der Waals surface area (Å²) in [7, 11) is 0. The first-order valence-corrected chi connectivity index (χ1v) is 6.66. The number of hydrogen-bond donors (Lipinski definition) is 1. The van der Waals surface area contributed by atoms with Crippen LogP contribution in [-0.2, 0) is 6.61 Å². The van der Waals surface area contributed by atoms with E-state index in [2.05, 4.69) is 4.98 Å². The van der Waals surface area contributed by atoms with Crippen molar-refractivity contribution in [3.8, 4) is 5.75 Å². The molecule has 0 aliphatic carbocycles. The second kappa shape index (κ2) is 5.40. The number of benzene rings is 2. The topological polar surface area (TPSA) is 48.1 Å². The molecular weight excluding hydrogens is 267 g/mol. The number of ether oxygens (including phenoxy) is 1. The zero-order valence-corrected chi connectivity index (χ0v) is 11.6. The van der Waals surface area contributed by atoms with E-state index >= 15 is 0 Å². The van der Waals surface area contributed by atoms with Gasteiger partial charge in [-0.2, -0.15) is 0 Å². The van der Waals surface area contributed by atoms with Crippen molar-refractivity contribution in [3.05, 3.63) is 65.6 Å². The first-order chi connectivity index (χ1) is 10.1. The van der Waals surface area contributed by atoms with Gasteiger partial charge in [-0.15, -0.1) is 0 Å². The maximum atomic E-state index is 13.2. The Bertz CT molecular complexity index is 802. The second-order valence-electron chi connectivity index (χ2n) is 4.91. The van der Waals surface area contributed by atoms with Crippen molar-refractivity contribution < 1.29 is 9.13 Å². The van der Waals surface area contributed by atoms with Crippen LogP contribution in [0.5, 0.6) is 5.75 Å². The van der Waals surface area contributed by atoms with Crippen LogP contribution in [0.4, 0.5) is 10.1 Å². The van der Waals surface area contributed by atoms with Gasteiger partial charge in [0, 0.05) is 22.8 Å². The summed E-state index contributed by atoms with van der Waals surface area (Å²) < 4.78 is 19.0. The van der Waals surface area contributed by atoms with Gasteiger partial charge in [0.05, 0.1) is 5.52 Å². The Morgan fingerprint density at radius 2 is 2.05 bits per heavy atom. The molecule has 0 amide bonds. The number of pyridine rings is 1. The van der Waals surface area contributed by atoms with Crippen LogP contribution in [0.3, 0.4) is 0 Å². The normalized spacial score (nSPS) is 10.8. The molecule has 2 N–H and O–H groups in total.